The Bertz CT molecular complexity index is 197. The van der Waals surface area contributed by atoms with E-state index in [0.717, 1.165) is 6.54 Å². The van der Waals surface area contributed by atoms with Crippen molar-refractivity contribution in [2.24, 2.45) is 0 Å². The first kappa shape index (κ1) is 15.1. The third-order valence-corrected chi connectivity index (χ3v) is 2.26. The number of nitrogens with zero attached hydrogens (tertiary/aromatic N) is 1. The lowest BCUT2D eigenvalue weighted by Gasteiger charge is -2.25. The fraction of sp³-hybridized carbons (Fsp3) is 0.818. The number of carboxylic acids is 1. The fourth-order valence-corrected chi connectivity index (χ4v) is 1.53. The molecule has 0 spiro atoms. The third kappa shape index (κ3) is 9.61. The number of Topliss-reactive ketones (excluding diaryl/α,β-unsaturated/α-hetero) is 1. The zero-order valence-corrected chi connectivity index (χ0v) is 9.78. The summed E-state index contributed by atoms with van der Waals surface area (Å²) in [6, 6.07) is 0. The molecule has 0 bridgehead atoms. The van der Waals surface area contributed by atoms with Crippen LogP contribution in [-0.4, -0.2) is 48.0 Å². The molecule has 5 heteroatoms. The molecule has 5 nitrogen and oxygen atoms in total. The lowest BCUT2D eigenvalue weighted by molar-refractivity contribution is -0.304. The molecular formula is C11H20NO4-. The molecule has 94 valence electrons. The number of hydrogen-bond acceptors (Lipinski definition) is 5. The van der Waals surface area contributed by atoms with Crippen LogP contribution in [0.1, 0.15) is 32.6 Å². The monoisotopic (exact) mass is 230 g/mol. The molecule has 1 rings (SSSR count). The maximum atomic E-state index is 9.83. The number of likely N-dealkylation sites (tertiary alicyclic amines) is 1. The van der Waals surface area contributed by atoms with Crippen molar-refractivity contribution < 1.29 is 19.8 Å². The van der Waals surface area contributed by atoms with Crippen LogP contribution < -0.4 is 5.11 Å². The predicted octanol–water partition coefficient (Wildman–Crippen LogP) is -0.820. The van der Waals surface area contributed by atoms with Crippen LogP contribution in [0.15, 0.2) is 0 Å². The molecule has 0 aromatic carbocycles. The van der Waals surface area contributed by atoms with Crippen molar-refractivity contribution in [3.05, 3.63) is 0 Å². The Balaban J connectivity index is 0.000000293. The SMILES string of the molecule is CC(=O)CC(=O)[O-].OCCN1CCCCC1. The zero-order valence-electron chi connectivity index (χ0n) is 9.78. The summed E-state index contributed by atoms with van der Waals surface area (Å²) >= 11 is 0. The number of hydrogen-bond donors (Lipinski definition) is 1. The van der Waals surface area contributed by atoms with Crippen molar-refractivity contribution in [1.29, 1.82) is 0 Å². The standard InChI is InChI=1S/C7H15NO.C4H6O3/c9-7-6-8-4-2-1-3-5-8;1-3(5)2-4(6)7/h9H,1-7H2;2H2,1H3,(H,6,7)/p-1. The van der Waals surface area contributed by atoms with Crippen LogP contribution in [0.5, 0.6) is 0 Å². The molecule has 0 unspecified atom stereocenters. The molecule has 0 aliphatic carbocycles. The molecule has 1 fully saturated rings. The molecule has 0 saturated carbocycles. The van der Waals surface area contributed by atoms with Crippen molar-refractivity contribution in [3.63, 3.8) is 0 Å². The zero-order chi connectivity index (χ0) is 12.4. The average molecular weight is 230 g/mol. The highest BCUT2D eigenvalue weighted by atomic mass is 16.4. The first-order valence-corrected chi connectivity index (χ1v) is 5.58. The van der Waals surface area contributed by atoms with Gasteiger partial charge in [-0.25, -0.2) is 0 Å². The predicted molar refractivity (Wildman–Crippen MR) is 57.7 cm³/mol. The molecule has 1 aliphatic rings. The van der Waals surface area contributed by atoms with E-state index in [0.29, 0.717) is 6.61 Å². The van der Waals surface area contributed by atoms with Gasteiger partial charge in [0.05, 0.1) is 6.61 Å². The van der Waals surface area contributed by atoms with Crippen LogP contribution in [0.3, 0.4) is 0 Å². The minimum absolute atomic E-state index is 0.319. The van der Waals surface area contributed by atoms with Crippen molar-refractivity contribution in [2.75, 3.05) is 26.2 Å². The van der Waals surface area contributed by atoms with Gasteiger partial charge in [0.1, 0.15) is 5.78 Å². The van der Waals surface area contributed by atoms with Crippen LogP contribution in [0.2, 0.25) is 0 Å². The highest BCUT2D eigenvalue weighted by Crippen LogP contribution is 2.06. The Morgan fingerprint density at radius 2 is 1.81 bits per heavy atom. The summed E-state index contributed by atoms with van der Waals surface area (Å²) < 4.78 is 0. The van der Waals surface area contributed by atoms with E-state index in [-0.39, 0.29) is 5.78 Å². The van der Waals surface area contributed by atoms with Gasteiger partial charge in [0.2, 0.25) is 0 Å². The first-order valence-electron chi connectivity index (χ1n) is 5.58. The summed E-state index contributed by atoms with van der Waals surface area (Å²) in [7, 11) is 0. The van der Waals surface area contributed by atoms with E-state index in [4.69, 9.17) is 5.11 Å². The molecule has 0 atom stereocenters. The van der Waals surface area contributed by atoms with E-state index in [1.807, 2.05) is 0 Å². The number of aliphatic hydroxyl groups excluding tert-OH is 1. The molecule has 1 N–H and O–H groups in total. The minimum Gasteiger partial charge on any atom is -0.550 e. The molecule has 0 amide bonds. The summed E-state index contributed by atoms with van der Waals surface area (Å²) in [5, 5.41) is 18.1. The maximum absolute atomic E-state index is 9.83. The van der Waals surface area contributed by atoms with Crippen molar-refractivity contribution in [1.82, 2.24) is 4.90 Å². The molecule has 1 heterocycles. The largest absolute Gasteiger partial charge is 0.550 e. The molecular weight excluding hydrogens is 210 g/mol. The second-order valence-corrected chi connectivity index (χ2v) is 3.88. The average Bonchev–Trinajstić information content (AvgIpc) is 2.18. The number of rotatable bonds is 4. The molecule has 0 aromatic rings. The first-order chi connectivity index (χ1) is 7.56. The van der Waals surface area contributed by atoms with Gasteiger partial charge in [0.15, 0.2) is 0 Å². The summed E-state index contributed by atoms with van der Waals surface area (Å²) in [6.07, 6.45) is 3.54. The van der Waals surface area contributed by atoms with Crippen LogP contribution in [0, 0.1) is 0 Å². The van der Waals surface area contributed by atoms with Crippen LogP contribution >= 0.6 is 0 Å². The Kier molecular flexibility index (Phi) is 8.75. The van der Waals surface area contributed by atoms with Gasteiger partial charge < -0.3 is 19.9 Å². The molecule has 0 aromatic heterocycles. The van der Waals surface area contributed by atoms with E-state index < -0.39 is 12.4 Å². The summed E-state index contributed by atoms with van der Waals surface area (Å²) in [5.41, 5.74) is 0. The minimum atomic E-state index is -1.31. The second kappa shape index (κ2) is 9.30. The van der Waals surface area contributed by atoms with Gasteiger partial charge in [-0.05, 0) is 32.9 Å². The number of carbonyl (C=O) groups excluding carboxylic acids is 2. The quantitative estimate of drug-likeness (QED) is 0.638. The number of ketones is 1. The second-order valence-electron chi connectivity index (χ2n) is 3.88. The number of carboxylic acid groups (broad SMARTS) is 1. The number of piperidine rings is 1. The van der Waals surface area contributed by atoms with Gasteiger partial charge in [-0.1, -0.05) is 6.42 Å². The maximum Gasteiger partial charge on any atom is 0.135 e. The summed E-state index contributed by atoms with van der Waals surface area (Å²) in [5.74, 6) is -1.69. The van der Waals surface area contributed by atoms with E-state index in [1.165, 1.54) is 39.3 Å². The van der Waals surface area contributed by atoms with Gasteiger partial charge in [0, 0.05) is 18.9 Å². The van der Waals surface area contributed by atoms with Gasteiger partial charge in [-0.15, -0.1) is 0 Å². The third-order valence-electron chi connectivity index (χ3n) is 2.26. The fourth-order valence-electron chi connectivity index (χ4n) is 1.53. The van der Waals surface area contributed by atoms with Crippen molar-refractivity contribution >= 4 is 11.8 Å². The number of aliphatic carboxylic acids is 1. The van der Waals surface area contributed by atoms with Crippen LogP contribution in [-0.2, 0) is 9.59 Å². The molecule has 1 aliphatic heterocycles. The molecule has 16 heavy (non-hydrogen) atoms. The molecule has 0 radical (unpaired) electrons. The topological polar surface area (TPSA) is 80.7 Å². The van der Waals surface area contributed by atoms with E-state index in [2.05, 4.69) is 4.90 Å². The van der Waals surface area contributed by atoms with E-state index in [1.54, 1.807) is 0 Å². The van der Waals surface area contributed by atoms with E-state index in [9.17, 15) is 14.7 Å². The van der Waals surface area contributed by atoms with Gasteiger partial charge in [-0.2, -0.15) is 0 Å². The molecule has 1 saturated heterocycles. The van der Waals surface area contributed by atoms with Crippen molar-refractivity contribution in [3.8, 4) is 0 Å². The number of β-amino-alcohol motifs (C(OH)–C–C–N with tert-alkyl or cyclic N) is 1. The highest BCUT2D eigenvalue weighted by molar-refractivity contribution is 5.92. The summed E-state index contributed by atoms with van der Waals surface area (Å²) in [4.78, 5) is 21.6. The lowest BCUT2D eigenvalue weighted by atomic mass is 10.1. The summed E-state index contributed by atoms with van der Waals surface area (Å²) in [6.45, 7) is 4.79. The van der Waals surface area contributed by atoms with Crippen molar-refractivity contribution in [2.45, 2.75) is 32.6 Å². The number of carbonyl (C=O) groups is 2. The Morgan fingerprint density at radius 1 is 1.25 bits per heavy atom. The lowest BCUT2D eigenvalue weighted by Crippen LogP contribution is -2.31. The Morgan fingerprint density at radius 3 is 2.12 bits per heavy atom. The van der Waals surface area contributed by atoms with Crippen LogP contribution in [0.4, 0.5) is 0 Å². The highest BCUT2D eigenvalue weighted by Gasteiger charge is 2.07. The van der Waals surface area contributed by atoms with Crippen LogP contribution in [0.25, 0.3) is 0 Å². The Labute approximate surface area is 96.1 Å². The van der Waals surface area contributed by atoms with E-state index >= 15 is 0 Å². The van der Waals surface area contributed by atoms with Gasteiger partial charge in [0.25, 0.3) is 0 Å². The van der Waals surface area contributed by atoms with Gasteiger partial charge in [-0.3, -0.25) is 4.79 Å². The normalized spacial score (nSPS) is 16.1. The Hall–Kier alpha value is -0.940. The number of aliphatic hydroxyl groups is 1. The van der Waals surface area contributed by atoms with Gasteiger partial charge >= 0.3 is 0 Å². The smallest absolute Gasteiger partial charge is 0.135 e.